The maximum Gasteiger partial charge on any atom is 0.284 e. The van der Waals surface area contributed by atoms with Crippen molar-refractivity contribution in [1.82, 2.24) is 14.5 Å². The second-order valence-electron chi connectivity index (χ2n) is 10.9. The number of likely N-dealkylation sites (tertiary alicyclic amines) is 1. The van der Waals surface area contributed by atoms with E-state index in [1.807, 2.05) is 23.1 Å². The summed E-state index contributed by atoms with van der Waals surface area (Å²) in [6, 6.07) is 15.0. The largest absolute Gasteiger partial charge is 0.451 e. The maximum atomic E-state index is 13.4. The lowest BCUT2D eigenvalue weighted by atomic mass is 9.96. The van der Waals surface area contributed by atoms with E-state index >= 15 is 0 Å². The first-order valence-corrected chi connectivity index (χ1v) is 14.4. The number of para-hydroxylation sites is 2. The van der Waals surface area contributed by atoms with Gasteiger partial charge in [0, 0.05) is 75.0 Å². The van der Waals surface area contributed by atoms with Crippen LogP contribution < -0.4 is 11.5 Å². The van der Waals surface area contributed by atoms with Gasteiger partial charge in [0.1, 0.15) is 11.6 Å². The highest BCUT2D eigenvalue weighted by atomic mass is 16.6. The molecule has 0 bridgehead atoms. The molecule has 2 aromatic carbocycles. The molecule has 0 unspecified atom stereocenters. The summed E-state index contributed by atoms with van der Waals surface area (Å²) in [7, 11) is 1.69. The molecule has 0 aliphatic carbocycles. The molecule has 1 fully saturated rings. The molecule has 1 aliphatic rings. The zero-order chi connectivity index (χ0) is 30.5. The van der Waals surface area contributed by atoms with E-state index in [0.717, 1.165) is 42.7 Å². The van der Waals surface area contributed by atoms with Gasteiger partial charge in [-0.25, -0.2) is 4.98 Å². The van der Waals surface area contributed by atoms with Crippen LogP contribution in [0.25, 0.3) is 22.4 Å². The van der Waals surface area contributed by atoms with Gasteiger partial charge in [0.25, 0.3) is 11.6 Å². The summed E-state index contributed by atoms with van der Waals surface area (Å²) < 4.78 is 13.2. The number of carbonyl (C=O) groups excluding carboxylic acids is 2. The number of non-ortho nitro benzene ring substituents is 1. The monoisotopic (exact) mass is 588 g/mol. The summed E-state index contributed by atoms with van der Waals surface area (Å²) in [5, 5.41) is 11.2. The molecule has 1 aliphatic heterocycles. The quantitative estimate of drug-likeness (QED) is 0.142. The number of primary amides is 1. The smallest absolute Gasteiger partial charge is 0.284 e. The normalized spacial score (nSPS) is 16.0. The standard InChI is InChI=1S/C31H36N6O6/c1-42-14-6-13-36-26-11-3-2-10-25(26)34-31(36)21-8-5-12-35(19-21)28(38)18-23(32)15-22-17-27(43-29(22)30(33)39)20-7-4-9-24(16-20)37(40)41/h2-4,7,9-11,16-17,21,23H,5-6,8,12-15,18-19,32H2,1H3,(H2,33,39)/t21-,23+/m1/s1. The fraction of sp³-hybridized carbons (Fsp3) is 0.387. The van der Waals surface area contributed by atoms with Crippen LogP contribution in [0.4, 0.5) is 5.69 Å². The van der Waals surface area contributed by atoms with Gasteiger partial charge in [-0.3, -0.25) is 19.7 Å². The molecule has 12 heteroatoms. The molecular weight excluding hydrogens is 552 g/mol. The van der Waals surface area contributed by atoms with E-state index in [2.05, 4.69) is 10.6 Å². The number of aromatic nitrogens is 2. The number of piperidine rings is 1. The first kappa shape index (κ1) is 29.9. The number of nitro benzene ring substituents is 1. The third-order valence-corrected chi connectivity index (χ3v) is 7.85. The molecule has 0 radical (unpaired) electrons. The van der Waals surface area contributed by atoms with Gasteiger partial charge in [0.2, 0.25) is 5.91 Å². The van der Waals surface area contributed by atoms with Gasteiger partial charge in [0.05, 0.1) is 16.0 Å². The van der Waals surface area contributed by atoms with Crippen molar-refractivity contribution in [3.05, 3.63) is 81.9 Å². The summed E-state index contributed by atoms with van der Waals surface area (Å²) in [6.07, 6.45) is 2.90. The number of amides is 2. The number of furan rings is 1. The van der Waals surface area contributed by atoms with Crippen molar-refractivity contribution in [3.8, 4) is 11.3 Å². The van der Waals surface area contributed by atoms with Crippen LogP contribution in [0.5, 0.6) is 0 Å². The highest BCUT2D eigenvalue weighted by Crippen LogP contribution is 2.31. The van der Waals surface area contributed by atoms with Crippen LogP contribution in [-0.2, 0) is 22.5 Å². The number of nitrogens with two attached hydrogens (primary N) is 2. The Morgan fingerprint density at radius 2 is 2.02 bits per heavy atom. The summed E-state index contributed by atoms with van der Waals surface area (Å²) in [4.78, 5) is 43.0. The van der Waals surface area contributed by atoms with Crippen LogP contribution in [0.15, 0.2) is 59.0 Å². The number of nitrogens with zero attached hydrogens (tertiary/aromatic N) is 4. The minimum Gasteiger partial charge on any atom is -0.451 e. The third-order valence-electron chi connectivity index (χ3n) is 7.85. The van der Waals surface area contributed by atoms with Gasteiger partial charge < -0.3 is 30.1 Å². The van der Waals surface area contributed by atoms with E-state index in [1.54, 1.807) is 19.2 Å². The lowest BCUT2D eigenvalue weighted by molar-refractivity contribution is -0.384. The molecule has 3 heterocycles. The first-order valence-electron chi connectivity index (χ1n) is 14.4. The van der Waals surface area contributed by atoms with Crippen molar-refractivity contribution in [1.29, 1.82) is 0 Å². The van der Waals surface area contributed by atoms with Gasteiger partial charge in [-0.05, 0) is 43.9 Å². The molecule has 4 N–H and O–H groups in total. The molecule has 12 nitrogen and oxygen atoms in total. The first-order chi connectivity index (χ1) is 20.7. The molecule has 0 spiro atoms. The minimum absolute atomic E-state index is 0.0673. The fourth-order valence-electron chi connectivity index (χ4n) is 5.83. The van der Waals surface area contributed by atoms with E-state index < -0.39 is 16.9 Å². The molecule has 5 rings (SSSR count). The van der Waals surface area contributed by atoms with Crippen LogP contribution in [0.3, 0.4) is 0 Å². The molecule has 43 heavy (non-hydrogen) atoms. The number of carbonyl (C=O) groups is 2. The Hall–Kier alpha value is -4.55. The number of aryl methyl sites for hydroxylation is 1. The van der Waals surface area contributed by atoms with Crippen LogP contribution in [0, 0.1) is 10.1 Å². The van der Waals surface area contributed by atoms with Crippen LogP contribution in [-0.4, -0.2) is 64.0 Å². The average molecular weight is 589 g/mol. The van der Waals surface area contributed by atoms with Gasteiger partial charge in [-0.2, -0.15) is 0 Å². The zero-order valence-corrected chi connectivity index (χ0v) is 24.1. The Labute approximate surface area is 248 Å². The highest BCUT2D eigenvalue weighted by molar-refractivity contribution is 5.92. The predicted octanol–water partition coefficient (Wildman–Crippen LogP) is 4.01. The Balaban J connectivity index is 1.28. The molecule has 2 amide bonds. The van der Waals surface area contributed by atoms with Gasteiger partial charge in [0.15, 0.2) is 5.76 Å². The SMILES string of the molecule is COCCCn1c([C@@H]2CCCN(C(=O)C[C@@H](N)Cc3cc(-c4cccc([N+](=O)[O-])c4)oc3C(N)=O)C2)nc2ccccc21. The number of methoxy groups -OCH3 is 1. The summed E-state index contributed by atoms with van der Waals surface area (Å²) in [5.41, 5.74) is 14.8. The van der Waals surface area contributed by atoms with Crippen molar-refractivity contribution >= 4 is 28.5 Å². The van der Waals surface area contributed by atoms with E-state index in [-0.39, 0.29) is 41.9 Å². The highest BCUT2D eigenvalue weighted by Gasteiger charge is 2.30. The second-order valence-corrected chi connectivity index (χ2v) is 10.9. The number of hydrogen-bond acceptors (Lipinski definition) is 8. The number of rotatable bonds is 12. The number of imidazole rings is 1. The molecule has 1 saturated heterocycles. The molecule has 2 atom stereocenters. The van der Waals surface area contributed by atoms with Gasteiger partial charge in [-0.1, -0.05) is 24.3 Å². The second kappa shape index (κ2) is 13.2. The van der Waals surface area contributed by atoms with E-state index in [4.69, 9.17) is 25.6 Å². The number of hydrogen-bond donors (Lipinski definition) is 2. The number of benzene rings is 2. The van der Waals surface area contributed by atoms with Crippen molar-refractivity contribution in [2.75, 3.05) is 26.8 Å². The van der Waals surface area contributed by atoms with Crippen LogP contribution >= 0.6 is 0 Å². The van der Waals surface area contributed by atoms with Crippen molar-refractivity contribution in [3.63, 3.8) is 0 Å². The van der Waals surface area contributed by atoms with Crippen molar-refractivity contribution in [2.24, 2.45) is 11.5 Å². The lowest BCUT2D eigenvalue weighted by Crippen LogP contribution is -2.42. The number of ether oxygens (including phenoxy) is 1. The molecule has 2 aromatic heterocycles. The van der Waals surface area contributed by atoms with Crippen molar-refractivity contribution in [2.45, 2.75) is 50.6 Å². The van der Waals surface area contributed by atoms with Gasteiger partial charge >= 0.3 is 0 Å². The number of fused-ring (bicyclic) bond motifs is 1. The molecular formula is C31H36N6O6. The number of nitro groups is 1. The Bertz CT molecular complexity index is 1630. The zero-order valence-electron chi connectivity index (χ0n) is 24.1. The fourth-order valence-corrected chi connectivity index (χ4v) is 5.83. The molecule has 4 aromatic rings. The maximum absolute atomic E-state index is 13.4. The van der Waals surface area contributed by atoms with E-state index in [1.165, 1.54) is 18.2 Å². The van der Waals surface area contributed by atoms with Crippen LogP contribution in [0.1, 0.15) is 53.5 Å². The van der Waals surface area contributed by atoms with Crippen LogP contribution in [0.2, 0.25) is 0 Å². The Morgan fingerprint density at radius 1 is 1.21 bits per heavy atom. The summed E-state index contributed by atoms with van der Waals surface area (Å²) in [6.45, 7) is 2.62. The summed E-state index contributed by atoms with van der Waals surface area (Å²) in [5.74, 6) is 0.418. The van der Waals surface area contributed by atoms with E-state index in [0.29, 0.717) is 30.8 Å². The third kappa shape index (κ3) is 6.76. The topological polar surface area (TPSA) is 173 Å². The molecule has 226 valence electrons. The Morgan fingerprint density at radius 3 is 2.79 bits per heavy atom. The lowest BCUT2D eigenvalue weighted by Gasteiger charge is -2.33. The predicted molar refractivity (Wildman–Crippen MR) is 160 cm³/mol. The molecule has 0 saturated carbocycles. The Kier molecular flexibility index (Phi) is 9.17. The minimum atomic E-state index is -0.780. The average Bonchev–Trinajstić information content (AvgIpc) is 3.59. The van der Waals surface area contributed by atoms with E-state index in [9.17, 15) is 19.7 Å². The summed E-state index contributed by atoms with van der Waals surface area (Å²) >= 11 is 0. The van der Waals surface area contributed by atoms with Crippen molar-refractivity contribution < 1.29 is 23.7 Å². The van der Waals surface area contributed by atoms with Gasteiger partial charge in [-0.15, -0.1) is 0 Å².